The van der Waals surface area contributed by atoms with Crippen molar-refractivity contribution in [1.29, 1.82) is 0 Å². The number of nitrogens with zero attached hydrogens (tertiary/aromatic N) is 3. The van der Waals surface area contributed by atoms with Crippen molar-refractivity contribution in [2.45, 2.75) is 25.9 Å². The summed E-state index contributed by atoms with van der Waals surface area (Å²) in [6.45, 7) is 2.33. The van der Waals surface area contributed by atoms with Gasteiger partial charge in [-0.15, -0.1) is 11.3 Å². The number of aliphatic imine (C=N–C) groups is 2. The zero-order chi connectivity index (χ0) is 25.1. The lowest BCUT2D eigenvalue weighted by molar-refractivity contribution is -0.126. The Morgan fingerprint density at radius 3 is 2.64 bits per heavy atom. The average Bonchev–Trinajstić information content (AvgIpc) is 3.51. The molecule has 0 fully saturated rings. The molecule has 2 aromatic carbocycles. The highest BCUT2D eigenvalue weighted by molar-refractivity contribution is 8.14. The summed E-state index contributed by atoms with van der Waals surface area (Å²) in [5.41, 5.74) is 3.11. The van der Waals surface area contributed by atoms with E-state index in [0.29, 0.717) is 23.2 Å². The second kappa shape index (κ2) is 10.5. The van der Waals surface area contributed by atoms with Crippen LogP contribution in [0.5, 0.6) is 0 Å². The summed E-state index contributed by atoms with van der Waals surface area (Å²) in [6.07, 6.45) is -0.0611. The van der Waals surface area contributed by atoms with E-state index in [1.807, 2.05) is 73.0 Å². The number of amides is 3. The highest BCUT2D eigenvalue weighted by Crippen LogP contribution is 2.35. The van der Waals surface area contributed by atoms with Gasteiger partial charge in [0.2, 0.25) is 11.8 Å². The molecule has 0 radical (unpaired) electrons. The topological polar surface area (TPSA) is 103 Å². The van der Waals surface area contributed by atoms with Crippen LogP contribution in [0.25, 0.3) is 0 Å². The van der Waals surface area contributed by atoms with Crippen molar-refractivity contribution in [2.75, 3.05) is 11.1 Å². The Bertz CT molecular complexity index is 1380. The van der Waals surface area contributed by atoms with Crippen LogP contribution in [0.3, 0.4) is 0 Å². The number of thiophene rings is 1. The number of carbonyl (C=O) groups is 3. The second-order valence-electron chi connectivity index (χ2n) is 8.28. The molecule has 1 aromatic heterocycles. The number of amidine groups is 2. The summed E-state index contributed by atoms with van der Waals surface area (Å²) in [5.74, 6) is -0.289. The first-order chi connectivity index (χ1) is 17.5. The van der Waals surface area contributed by atoms with Crippen molar-refractivity contribution in [3.63, 3.8) is 0 Å². The van der Waals surface area contributed by atoms with Gasteiger partial charge in [-0.3, -0.25) is 19.3 Å². The van der Waals surface area contributed by atoms with Gasteiger partial charge in [-0.25, -0.2) is 4.99 Å². The number of hydrogen-bond acceptors (Lipinski definition) is 7. The molecule has 3 aromatic rings. The molecule has 0 bridgehead atoms. The molecule has 1 unspecified atom stereocenters. The molecule has 8 nitrogen and oxygen atoms in total. The van der Waals surface area contributed by atoms with E-state index in [4.69, 9.17) is 4.99 Å². The van der Waals surface area contributed by atoms with Crippen LogP contribution in [0.15, 0.2) is 76.0 Å². The summed E-state index contributed by atoms with van der Waals surface area (Å²) in [4.78, 5) is 50.1. The first-order valence-electron chi connectivity index (χ1n) is 11.4. The predicted molar refractivity (Wildman–Crippen MR) is 144 cm³/mol. The average molecular weight is 518 g/mol. The molecule has 3 heterocycles. The Balaban J connectivity index is 1.33. The van der Waals surface area contributed by atoms with Crippen LogP contribution in [0.4, 0.5) is 11.4 Å². The molecule has 3 amide bonds. The maximum absolute atomic E-state index is 12.9. The van der Waals surface area contributed by atoms with Crippen molar-refractivity contribution < 1.29 is 14.4 Å². The number of anilines is 1. The van der Waals surface area contributed by atoms with Gasteiger partial charge in [-0.1, -0.05) is 48.2 Å². The molecule has 182 valence electrons. The van der Waals surface area contributed by atoms with E-state index in [1.165, 1.54) is 11.8 Å². The van der Waals surface area contributed by atoms with Gasteiger partial charge in [0.25, 0.3) is 5.91 Å². The van der Waals surface area contributed by atoms with Crippen LogP contribution >= 0.6 is 23.1 Å². The molecule has 0 saturated heterocycles. The first kappa shape index (κ1) is 24.0. The minimum Gasteiger partial charge on any atom is -0.351 e. The molecule has 0 saturated carbocycles. The molecule has 0 spiro atoms. The van der Waals surface area contributed by atoms with Gasteiger partial charge in [0.05, 0.1) is 24.4 Å². The molecule has 5 rings (SSSR count). The number of nitrogens with one attached hydrogen (secondary N) is 2. The summed E-state index contributed by atoms with van der Waals surface area (Å²) < 4.78 is 0. The van der Waals surface area contributed by atoms with E-state index >= 15 is 0 Å². The largest absolute Gasteiger partial charge is 0.351 e. The second-order valence-corrected chi connectivity index (χ2v) is 10.3. The fourth-order valence-electron chi connectivity index (χ4n) is 3.98. The standard InChI is InChI=1S/C26H23N5O3S2/c1-16-7-2-4-10-19(16)28-23(33)15-36-26-29-20-11-5-3-9-18(20)24-30-25(34)21(31(24)26)13-22(32)27-14-17-8-6-12-35-17/h2-12,21H,13-15H2,1H3,(H,27,32)(H,28,33). The SMILES string of the molecule is Cc1ccccc1NC(=O)CSC1=Nc2ccccc2C2=NC(=O)C(CC(=O)NCc3cccs3)N12. The van der Waals surface area contributed by atoms with Gasteiger partial charge in [0, 0.05) is 16.1 Å². The summed E-state index contributed by atoms with van der Waals surface area (Å²) in [6, 6.07) is 18.0. The van der Waals surface area contributed by atoms with E-state index in [1.54, 1.807) is 16.2 Å². The number of para-hydroxylation sites is 2. The number of aryl methyl sites for hydroxylation is 1. The zero-order valence-corrected chi connectivity index (χ0v) is 21.1. The normalized spacial score (nSPS) is 16.1. The lowest BCUT2D eigenvalue weighted by Gasteiger charge is -2.30. The highest BCUT2D eigenvalue weighted by Gasteiger charge is 2.42. The Morgan fingerprint density at radius 2 is 1.83 bits per heavy atom. The first-order valence-corrected chi connectivity index (χ1v) is 13.2. The lowest BCUT2D eigenvalue weighted by Crippen LogP contribution is -2.46. The maximum Gasteiger partial charge on any atom is 0.271 e. The Kier molecular flexibility index (Phi) is 6.97. The number of rotatable bonds is 7. The highest BCUT2D eigenvalue weighted by atomic mass is 32.2. The minimum atomic E-state index is -0.817. The zero-order valence-electron chi connectivity index (χ0n) is 19.4. The van der Waals surface area contributed by atoms with E-state index in [9.17, 15) is 14.4 Å². The molecular weight excluding hydrogens is 494 g/mol. The van der Waals surface area contributed by atoms with Gasteiger partial charge in [-0.05, 0) is 42.1 Å². The predicted octanol–water partition coefficient (Wildman–Crippen LogP) is 4.09. The third-order valence-corrected chi connectivity index (χ3v) is 7.61. The van der Waals surface area contributed by atoms with Gasteiger partial charge >= 0.3 is 0 Å². The van der Waals surface area contributed by atoms with Crippen molar-refractivity contribution in [3.8, 4) is 0 Å². The van der Waals surface area contributed by atoms with Crippen molar-refractivity contribution >= 4 is 63.2 Å². The van der Waals surface area contributed by atoms with E-state index < -0.39 is 11.9 Å². The van der Waals surface area contributed by atoms with Gasteiger partial charge in [0.15, 0.2) is 5.17 Å². The van der Waals surface area contributed by atoms with Gasteiger partial charge in [-0.2, -0.15) is 4.99 Å². The smallest absolute Gasteiger partial charge is 0.271 e. The van der Waals surface area contributed by atoms with Crippen molar-refractivity contribution in [2.24, 2.45) is 9.98 Å². The number of fused-ring (bicyclic) bond motifs is 3. The molecular formula is C26H23N5O3S2. The van der Waals surface area contributed by atoms with E-state index in [2.05, 4.69) is 15.6 Å². The number of hydrogen-bond donors (Lipinski definition) is 2. The van der Waals surface area contributed by atoms with Gasteiger partial charge < -0.3 is 10.6 Å². The molecule has 36 heavy (non-hydrogen) atoms. The van der Waals surface area contributed by atoms with Crippen LogP contribution in [-0.2, 0) is 20.9 Å². The quantitative estimate of drug-likeness (QED) is 0.491. The summed E-state index contributed by atoms with van der Waals surface area (Å²) in [7, 11) is 0. The third kappa shape index (κ3) is 5.09. The fraction of sp³-hybridized carbons (Fsp3) is 0.192. The third-order valence-electron chi connectivity index (χ3n) is 5.78. The maximum atomic E-state index is 12.9. The van der Waals surface area contributed by atoms with Crippen molar-refractivity contribution in [1.82, 2.24) is 10.2 Å². The number of carbonyl (C=O) groups excluding carboxylic acids is 3. The van der Waals surface area contributed by atoms with Crippen LogP contribution in [0.2, 0.25) is 0 Å². The Morgan fingerprint density at radius 1 is 1.03 bits per heavy atom. The van der Waals surface area contributed by atoms with Gasteiger partial charge in [0.1, 0.15) is 11.9 Å². The molecule has 10 heteroatoms. The summed E-state index contributed by atoms with van der Waals surface area (Å²) in [5, 5.41) is 8.21. The number of benzene rings is 2. The van der Waals surface area contributed by atoms with E-state index in [0.717, 1.165) is 21.7 Å². The molecule has 1 atom stereocenters. The number of thioether (sulfide) groups is 1. The van der Waals surface area contributed by atoms with Crippen LogP contribution in [-0.4, -0.2) is 45.4 Å². The van der Waals surface area contributed by atoms with Crippen LogP contribution in [0.1, 0.15) is 22.4 Å². The lowest BCUT2D eigenvalue weighted by atomic mass is 10.1. The Labute approximate surface area is 216 Å². The monoisotopic (exact) mass is 517 g/mol. The fourth-order valence-corrected chi connectivity index (χ4v) is 5.47. The van der Waals surface area contributed by atoms with E-state index in [-0.39, 0.29) is 24.0 Å². The Hall–Kier alpha value is -3.76. The van der Waals surface area contributed by atoms with Crippen LogP contribution in [0, 0.1) is 6.92 Å². The molecule has 2 aliphatic rings. The molecule has 2 N–H and O–H groups in total. The van der Waals surface area contributed by atoms with Crippen LogP contribution < -0.4 is 10.6 Å². The summed E-state index contributed by atoms with van der Waals surface area (Å²) >= 11 is 2.77. The molecule has 0 aliphatic carbocycles. The minimum absolute atomic E-state index is 0.0611. The van der Waals surface area contributed by atoms with Crippen molar-refractivity contribution in [3.05, 3.63) is 82.0 Å². The molecule has 2 aliphatic heterocycles.